The van der Waals surface area contributed by atoms with Crippen LogP contribution in [0.5, 0.6) is 0 Å². The van der Waals surface area contributed by atoms with Crippen LogP contribution < -0.4 is 4.90 Å². The Morgan fingerprint density at radius 3 is 2.74 bits per heavy atom. The predicted molar refractivity (Wildman–Crippen MR) is 93.3 cm³/mol. The zero-order chi connectivity index (χ0) is 15.6. The van der Waals surface area contributed by atoms with Crippen LogP contribution in [0.15, 0.2) is 41.9 Å². The van der Waals surface area contributed by atoms with Crippen LogP contribution in [-0.2, 0) is 11.3 Å². The van der Waals surface area contributed by atoms with Crippen LogP contribution in [0, 0.1) is 17.8 Å². The summed E-state index contributed by atoms with van der Waals surface area (Å²) in [5.74, 6) is 2.51. The molecule has 2 aromatic rings. The fourth-order valence-electron chi connectivity index (χ4n) is 4.34. The fourth-order valence-corrected chi connectivity index (χ4v) is 5.00. The molecule has 0 saturated heterocycles. The summed E-state index contributed by atoms with van der Waals surface area (Å²) in [7, 11) is 0. The van der Waals surface area contributed by atoms with Gasteiger partial charge in [0.15, 0.2) is 5.13 Å². The van der Waals surface area contributed by atoms with Crippen molar-refractivity contribution in [1.82, 2.24) is 4.98 Å². The van der Waals surface area contributed by atoms with E-state index < -0.39 is 0 Å². The first-order valence-corrected chi connectivity index (χ1v) is 9.41. The second kappa shape index (κ2) is 6.44. The molecule has 0 radical (unpaired) electrons. The lowest BCUT2D eigenvalue weighted by molar-refractivity contribution is -0.120. The van der Waals surface area contributed by atoms with E-state index in [1.165, 1.54) is 25.7 Å². The minimum atomic E-state index is 0.237. The quantitative estimate of drug-likeness (QED) is 0.810. The minimum Gasteiger partial charge on any atom is -0.284 e. The number of benzene rings is 1. The van der Waals surface area contributed by atoms with E-state index in [-0.39, 0.29) is 5.91 Å². The third-order valence-corrected chi connectivity index (χ3v) is 6.25. The van der Waals surface area contributed by atoms with Gasteiger partial charge in [0.25, 0.3) is 0 Å². The van der Waals surface area contributed by atoms with Gasteiger partial charge in [-0.25, -0.2) is 4.98 Å². The fraction of sp³-hybridized carbons (Fsp3) is 0.474. The smallest absolute Gasteiger partial charge is 0.229 e. The molecule has 1 aromatic heterocycles. The molecule has 2 aliphatic carbocycles. The third kappa shape index (κ3) is 3.18. The molecule has 2 fully saturated rings. The largest absolute Gasteiger partial charge is 0.284 e. The Hall–Kier alpha value is -1.68. The normalized spacial score (nSPS) is 25.7. The van der Waals surface area contributed by atoms with E-state index in [4.69, 9.17) is 0 Å². The third-order valence-electron chi connectivity index (χ3n) is 5.46. The summed E-state index contributed by atoms with van der Waals surface area (Å²) in [6, 6.07) is 10.2. The summed E-state index contributed by atoms with van der Waals surface area (Å²) in [6.07, 6.45) is 7.80. The van der Waals surface area contributed by atoms with Gasteiger partial charge in [-0.05, 0) is 42.6 Å². The summed E-state index contributed by atoms with van der Waals surface area (Å²) >= 11 is 1.55. The Labute approximate surface area is 141 Å². The van der Waals surface area contributed by atoms with Crippen LogP contribution in [0.25, 0.3) is 0 Å². The molecule has 0 spiro atoms. The topological polar surface area (TPSA) is 33.2 Å². The number of nitrogens with zero attached hydrogens (tertiary/aromatic N) is 2. The van der Waals surface area contributed by atoms with E-state index >= 15 is 0 Å². The summed E-state index contributed by atoms with van der Waals surface area (Å²) in [6.45, 7) is 0.619. The van der Waals surface area contributed by atoms with Crippen molar-refractivity contribution in [3.8, 4) is 0 Å². The van der Waals surface area contributed by atoms with Gasteiger partial charge in [-0.2, -0.15) is 0 Å². The molecule has 2 saturated carbocycles. The maximum atomic E-state index is 13.0. The van der Waals surface area contributed by atoms with Gasteiger partial charge >= 0.3 is 0 Å². The van der Waals surface area contributed by atoms with E-state index in [9.17, 15) is 4.79 Å². The van der Waals surface area contributed by atoms with Gasteiger partial charge in [0, 0.05) is 18.0 Å². The summed E-state index contributed by atoms with van der Waals surface area (Å²) in [4.78, 5) is 19.2. The average Bonchev–Trinajstić information content (AvgIpc) is 3.31. The Morgan fingerprint density at radius 2 is 2.09 bits per heavy atom. The van der Waals surface area contributed by atoms with Crippen molar-refractivity contribution in [3.63, 3.8) is 0 Å². The number of aromatic nitrogens is 1. The van der Waals surface area contributed by atoms with Crippen LogP contribution >= 0.6 is 11.3 Å². The van der Waals surface area contributed by atoms with Crippen molar-refractivity contribution in [2.75, 3.05) is 4.90 Å². The number of thiazole rings is 1. The van der Waals surface area contributed by atoms with Gasteiger partial charge in [0.1, 0.15) is 0 Å². The number of amides is 1. The molecule has 4 rings (SSSR count). The molecule has 0 unspecified atom stereocenters. The Kier molecular flexibility index (Phi) is 4.17. The first-order chi connectivity index (χ1) is 11.3. The molecule has 1 amide bonds. The van der Waals surface area contributed by atoms with Crippen molar-refractivity contribution in [2.45, 2.75) is 38.6 Å². The highest BCUT2D eigenvalue weighted by Crippen LogP contribution is 2.49. The molecule has 1 aromatic carbocycles. The van der Waals surface area contributed by atoms with Gasteiger partial charge in [0.2, 0.25) is 5.91 Å². The zero-order valence-electron chi connectivity index (χ0n) is 13.2. The van der Waals surface area contributed by atoms with E-state index in [2.05, 4.69) is 17.1 Å². The van der Waals surface area contributed by atoms with Crippen LogP contribution in [0.3, 0.4) is 0 Å². The number of hydrogen-bond acceptors (Lipinski definition) is 3. The lowest BCUT2D eigenvalue weighted by Gasteiger charge is -2.25. The Bertz CT molecular complexity index is 655. The molecular weight excluding hydrogens is 304 g/mol. The first-order valence-electron chi connectivity index (χ1n) is 8.53. The van der Waals surface area contributed by atoms with Gasteiger partial charge < -0.3 is 0 Å². The molecule has 0 N–H and O–H groups in total. The van der Waals surface area contributed by atoms with Crippen LogP contribution in [0.1, 0.15) is 37.7 Å². The summed E-state index contributed by atoms with van der Waals surface area (Å²) < 4.78 is 0. The second-order valence-electron chi connectivity index (χ2n) is 6.92. The van der Waals surface area contributed by atoms with Crippen molar-refractivity contribution >= 4 is 22.4 Å². The van der Waals surface area contributed by atoms with Crippen molar-refractivity contribution < 1.29 is 4.79 Å². The molecule has 120 valence electrons. The maximum Gasteiger partial charge on any atom is 0.229 e. The zero-order valence-corrected chi connectivity index (χ0v) is 14.0. The standard InChI is InChI=1S/C19H22N2OS/c22-18(12-17-11-15-6-7-16(17)10-15)21(19-20-8-9-23-19)13-14-4-2-1-3-5-14/h1-5,8-9,15-17H,6-7,10-13H2/t15-,16-,17+/m0/s1. The molecule has 3 nitrogen and oxygen atoms in total. The van der Waals surface area contributed by atoms with Gasteiger partial charge in [-0.15, -0.1) is 11.3 Å². The maximum absolute atomic E-state index is 13.0. The van der Waals surface area contributed by atoms with E-state index in [1.807, 2.05) is 28.5 Å². The molecule has 4 heteroatoms. The lowest BCUT2D eigenvalue weighted by atomic mass is 9.86. The van der Waals surface area contributed by atoms with Crippen molar-refractivity contribution in [2.24, 2.45) is 17.8 Å². The van der Waals surface area contributed by atoms with Crippen LogP contribution in [0.2, 0.25) is 0 Å². The SMILES string of the molecule is O=C(C[C@H]1C[C@H]2CC[C@H]1C2)N(Cc1ccccc1)c1nccs1. The van der Waals surface area contributed by atoms with E-state index in [0.29, 0.717) is 18.9 Å². The monoisotopic (exact) mass is 326 g/mol. The molecule has 0 aliphatic heterocycles. The van der Waals surface area contributed by atoms with Crippen molar-refractivity contribution in [1.29, 1.82) is 0 Å². The van der Waals surface area contributed by atoms with E-state index in [1.54, 1.807) is 17.5 Å². The number of carbonyl (C=O) groups is 1. The van der Waals surface area contributed by atoms with Crippen molar-refractivity contribution in [3.05, 3.63) is 47.5 Å². The van der Waals surface area contributed by atoms with Gasteiger partial charge in [-0.1, -0.05) is 36.8 Å². The minimum absolute atomic E-state index is 0.237. The van der Waals surface area contributed by atoms with Crippen LogP contribution in [-0.4, -0.2) is 10.9 Å². The molecular formula is C19H22N2OS. The first kappa shape index (κ1) is 14.9. The highest BCUT2D eigenvalue weighted by molar-refractivity contribution is 7.13. The molecule has 1 heterocycles. The number of hydrogen-bond donors (Lipinski definition) is 0. The van der Waals surface area contributed by atoms with Gasteiger partial charge in [-0.3, -0.25) is 9.69 Å². The Balaban J connectivity index is 1.49. The second-order valence-corrected chi connectivity index (χ2v) is 7.79. The predicted octanol–water partition coefficient (Wildman–Crippen LogP) is 4.50. The number of rotatable bonds is 5. The molecule has 3 atom stereocenters. The lowest BCUT2D eigenvalue weighted by Crippen LogP contribution is -2.32. The summed E-state index contributed by atoms with van der Waals surface area (Å²) in [5, 5.41) is 2.76. The molecule has 2 bridgehead atoms. The number of anilines is 1. The van der Waals surface area contributed by atoms with E-state index in [0.717, 1.165) is 22.5 Å². The number of fused-ring (bicyclic) bond motifs is 2. The van der Waals surface area contributed by atoms with Gasteiger partial charge in [0.05, 0.1) is 6.54 Å². The van der Waals surface area contributed by atoms with Crippen LogP contribution in [0.4, 0.5) is 5.13 Å². The highest BCUT2D eigenvalue weighted by Gasteiger charge is 2.40. The molecule has 23 heavy (non-hydrogen) atoms. The highest BCUT2D eigenvalue weighted by atomic mass is 32.1. The average molecular weight is 326 g/mol. The molecule has 2 aliphatic rings. The summed E-state index contributed by atoms with van der Waals surface area (Å²) in [5.41, 5.74) is 1.16. The Morgan fingerprint density at radius 1 is 1.22 bits per heavy atom. The number of carbonyl (C=O) groups excluding carboxylic acids is 1.